The second-order valence-electron chi connectivity index (χ2n) is 9.66. The van der Waals surface area contributed by atoms with Crippen molar-refractivity contribution < 1.29 is 23.5 Å². The first-order chi connectivity index (χ1) is 18.9. The molecule has 2 aliphatic heterocycles. The van der Waals surface area contributed by atoms with Gasteiger partial charge in [-0.05, 0) is 43.2 Å². The number of anilines is 1. The van der Waals surface area contributed by atoms with E-state index in [1.54, 1.807) is 23.1 Å². The fraction of sp³-hybridized carbons (Fsp3) is 0.379. The van der Waals surface area contributed by atoms with Gasteiger partial charge in [-0.25, -0.2) is 0 Å². The van der Waals surface area contributed by atoms with Crippen LogP contribution in [0.25, 0.3) is 11.0 Å². The first-order valence-electron chi connectivity index (χ1n) is 13.3. The lowest BCUT2D eigenvalue weighted by Crippen LogP contribution is -2.51. The topological polar surface area (TPSA) is 112 Å². The van der Waals surface area contributed by atoms with Gasteiger partial charge in [-0.2, -0.15) is 0 Å². The number of benzene rings is 2. The lowest BCUT2D eigenvalue weighted by Gasteiger charge is -2.37. The number of piperazine rings is 1. The predicted octanol–water partition coefficient (Wildman–Crippen LogP) is 2.39. The maximum absolute atomic E-state index is 12.8. The lowest BCUT2D eigenvalue weighted by molar-refractivity contribution is -0.130. The molecule has 2 aliphatic rings. The summed E-state index contributed by atoms with van der Waals surface area (Å²) >= 11 is 0. The minimum absolute atomic E-state index is 0.151. The number of carbonyl (C=O) groups is 3. The molecule has 1 N–H and O–H groups in total. The fourth-order valence-electron chi connectivity index (χ4n) is 5.09. The van der Waals surface area contributed by atoms with Crippen molar-refractivity contribution in [1.82, 2.24) is 15.1 Å². The molecule has 3 aromatic rings. The van der Waals surface area contributed by atoms with Gasteiger partial charge in [0, 0.05) is 57.4 Å². The summed E-state index contributed by atoms with van der Waals surface area (Å²) < 4.78 is 11.0. The normalized spacial score (nSPS) is 15.6. The van der Waals surface area contributed by atoms with Gasteiger partial charge in [0.1, 0.15) is 11.3 Å². The summed E-state index contributed by atoms with van der Waals surface area (Å²) in [6, 6.07) is 14.1. The molecule has 2 aromatic carbocycles. The maximum atomic E-state index is 12.8. The summed E-state index contributed by atoms with van der Waals surface area (Å²) in [5.41, 5.74) is 2.09. The number of carbonyl (C=O) groups excluding carboxylic acids is 3. The Morgan fingerprint density at radius 3 is 2.54 bits per heavy atom. The average molecular weight is 533 g/mol. The maximum Gasteiger partial charge on any atom is 0.287 e. The highest BCUT2D eigenvalue weighted by atomic mass is 16.5. The summed E-state index contributed by atoms with van der Waals surface area (Å²) in [4.78, 5) is 56.0. The molecule has 0 saturated carbocycles. The van der Waals surface area contributed by atoms with Crippen LogP contribution in [-0.4, -0.2) is 73.4 Å². The van der Waals surface area contributed by atoms with Crippen molar-refractivity contribution in [3.8, 4) is 5.75 Å². The minimum atomic E-state index is -0.625. The number of nitrogens with zero attached hydrogens (tertiary/aromatic N) is 3. The first kappa shape index (κ1) is 26.3. The highest BCUT2D eigenvalue weighted by molar-refractivity contribution is 5.95. The third-order valence-electron chi connectivity index (χ3n) is 7.13. The van der Waals surface area contributed by atoms with Crippen molar-refractivity contribution >= 4 is 34.4 Å². The van der Waals surface area contributed by atoms with E-state index in [1.807, 2.05) is 24.0 Å². The van der Waals surface area contributed by atoms with Crippen LogP contribution in [0.3, 0.4) is 0 Å². The Bertz CT molecular complexity index is 1440. The third-order valence-corrected chi connectivity index (χ3v) is 7.13. The molecule has 0 spiro atoms. The molecule has 5 rings (SSSR count). The van der Waals surface area contributed by atoms with Crippen LogP contribution in [-0.2, 0) is 16.1 Å². The third kappa shape index (κ3) is 5.89. The van der Waals surface area contributed by atoms with Gasteiger partial charge >= 0.3 is 0 Å². The molecule has 204 valence electrons. The zero-order valence-corrected chi connectivity index (χ0v) is 22.0. The first-order valence-corrected chi connectivity index (χ1v) is 13.3. The molecule has 0 aliphatic carbocycles. The molecule has 3 amide bonds. The molecule has 10 nitrogen and oxygen atoms in total. The molecule has 1 aromatic heterocycles. The average Bonchev–Trinajstić information content (AvgIpc) is 3.36. The van der Waals surface area contributed by atoms with E-state index in [1.165, 1.54) is 0 Å². The summed E-state index contributed by atoms with van der Waals surface area (Å²) in [5.74, 6) is -0.239. The van der Waals surface area contributed by atoms with Crippen molar-refractivity contribution in [2.24, 2.45) is 0 Å². The standard InChI is InChI=1S/C29H32N4O6/c1-2-38-21-9-10-25-22(16-21)24(34)17-26(39-25)29(37)30-18-28(36)32-14-12-31(13-15-32)23-7-4-3-6-20(23)19-33-11-5-8-27(33)35/h3-4,6-7,9-10,16-17H,2,5,8,11-15,18-19H2,1H3,(H,30,37). The number of ether oxygens (including phenoxy) is 1. The number of hydrogen-bond donors (Lipinski definition) is 1. The van der Waals surface area contributed by atoms with E-state index in [2.05, 4.69) is 22.3 Å². The molecular weight excluding hydrogens is 500 g/mol. The van der Waals surface area contributed by atoms with Gasteiger partial charge in [0.2, 0.25) is 11.8 Å². The van der Waals surface area contributed by atoms with E-state index in [4.69, 9.17) is 9.15 Å². The quantitative estimate of drug-likeness (QED) is 0.474. The van der Waals surface area contributed by atoms with Crippen LogP contribution >= 0.6 is 0 Å². The van der Waals surface area contributed by atoms with E-state index in [0.29, 0.717) is 56.9 Å². The number of fused-ring (bicyclic) bond motifs is 1. The molecule has 2 saturated heterocycles. The molecule has 0 unspecified atom stereocenters. The van der Waals surface area contributed by atoms with Gasteiger partial charge in [-0.15, -0.1) is 0 Å². The van der Waals surface area contributed by atoms with Crippen molar-refractivity contribution in [2.45, 2.75) is 26.3 Å². The minimum Gasteiger partial charge on any atom is -0.494 e. The van der Waals surface area contributed by atoms with Crippen LogP contribution in [0, 0.1) is 0 Å². The van der Waals surface area contributed by atoms with Gasteiger partial charge in [0.25, 0.3) is 5.91 Å². The summed E-state index contributed by atoms with van der Waals surface area (Å²) in [6.45, 7) is 5.82. The summed E-state index contributed by atoms with van der Waals surface area (Å²) in [7, 11) is 0. The van der Waals surface area contributed by atoms with Crippen molar-refractivity contribution in [1.29, 1.82) is 0 Å². The van der Waals surface area contributed by atoms with Crippen LogP contribution in [0.4, 0.5) is 5.69 Å². The van der Waals surface area contributed by atoms with Gasteiger partial charge in [-0.3, -0.25) is 19.2 Å². The number of amides is 3. The van der Waals surface area contributed by atoms with Crippen molar-refractivity contribution in [2.75, 3.05) is 50.8 Å². The lowest BCUT2D eigenvalue weighted by atomic mass is 10.1. The van der Waals surface area contributed by atoms with Crippen molar-refractivity contribution in [3.63, 3.8) is 0 Å². The van der Waals surface area contributed by atoms with E-state index in [0.717, 1.165) is 30.3 Å². The Labute approximate surface area is 226 Å². The van der Waals surface area contributed by atoms with Gasteiger partial charge in [-0.1, -0.05) is 18.2 Å². The van der Waals surface area contributed by atoms with Gasteiger partial charge < -0.3 is 29.2 Å². The molecule has 10 heteroatoms. The highest BCUT2D eigenvalue weighted by Gasteiger charge is 2.25. The second kappa shape index (κ2) is 11.6. The number of para-hydroxylation sites is 1. The SMILES string of the molecule is CCOc1ccc2oc(C(=O)NCC(=O)N3CCN(c4ccccc4CN4CCCC4=O)CC3)cc(=O)c2c1. The van der Waals surface area contributed by atoms with E-state index in [9.17, 15) is 19.2 Å². The fourth-order valence-corrected chi connectivity index (χ4v) is 5.09. The summed E-state index contributed by atoms with van der Waals surface area (Å²) in [6.07, 6.45) is 1.52. The van der Waals surface area contributed by atoms with Gasteiger partial charge in [0.05, 0.1) is 18.5 Å². The van der Waals surface area contributed by atoms with E-state index in [-0.39, 0.29) is 35.1 Å². The Morgan fingerprint density at radius 2 is 1.79 bits per heavy atom. The van der Waals surface area contributed by atoms with Crippen LogP contribution in [0.5, 0.6) is 5.75 Å². The molecule has 0 bridgehead atoms. The molecule has 3 heterocycles. The van der Waals surface area contributed by atoms with E-state index >= 15 is 0 Å². The van der Waals surface area contributed by atoms with Crippen molar-refractivity contribution in [3.05, 3.63) is 70.1 Å². The molecule has 39 heavy (non-hydrogen) atoms. The highest BCUT2D eigenvalue weighted by Crippen LogP contribution is 2.25. The molecule has 0 atom stereocenters. The zero-order chi connectivity index (χ0) is 27.4. The monoisotopic (exact) mass is 532 g/mol. The van der Waals surface area contributed by atoms with E-state index < -0.39 is 5.91 Å². The number of rotatable bonds is 8. The molecule has 0 radical (unpaired) electrons. The van der Waals surface area contributed by atoms with Gasteiger partial charge in [0.15, 0.2) is 11.2 Å². The van der Waals surface area contributed by atoms with Crippen LogP contribution in [0.1, 0.15) is 35.9 Å². The second-order valence-corrected chi connectivity index (χ2v) is 9.66. The zero-order valence-electron chi connectivity index (χ0n) is 22.0. The Hall–Kier alpha value is -4.34. The summed E-state index contributed by atoms with van der Waals surface area (Å²) in [5, 5.41) is 2.90. The molecule has 2 fully saturated rings. The van der Waals surface area contributed by atoms with Crippen LogP contribution in [0.15, 0.2) is 57.7 Å². The van der Waals surface area contributed by atoms with Crippen LogP contribution < -0.4 is 20.4 Å². The number of likely N-dealkylation sites (tertiary alicyclic amines) is 1. The van der Waals surface area contributed by atoms with Crippen LogP contribution in [0.2, 0.25) is 0 Å². The predicted molar refractivity (Wildman–Crippen MR) is 146 cm³/mol. The Morgan fingerprint density at radius 1 is 1.00 bits per heavy atom. The Kier molecular flexibility index (Phi) is 7.81. The number of hydrogen-bond acceptors (Lipinski definition) is 7. The smallest absolute Gasteiger partial charge is 0.287 e. The largest absolute Gasteiger partial charge is 0.494 e. The Balaban J connectivity index is 1.16. The molecular formula is C29H32N4O6. The number of nitrogens with one attached hydrogen (secondary N) is 1.